The van der Waals surface area contributed by atoms with E-state index in [-0.39, 0.29) is 5.69 Å². The van der Waals surface area contributed by atoms with Gasteiger partial charge in [-0.05, 0) is 24.3 Å². The number of hydrogen-bond acceptors (Lipinski definition) is 3. The number of rotatable bonds is 5. The lowest BCUT2D eigenvalue weighted by atomic mass is 10.3. The highest BCUT2D eigenvalue weighted by molar-refractivity contribution is 5.37. The van der Waals surface area contributed by atoms with Crippen molar-refractivity contribution in [3.05, 3.63) is 71.5 Å². The van der Waals surface area contributed by atoms with Crippen molar-refractivity contribution in [2.24, 2.45) is 0 Å². The Morgan fingerprint density at radius 1 is 1.05 bits per heavy atom. The zero-order valence-corrected chi connectivity index (χ0v) is 14.6. The Hall–Kier alpha value is -2.36. The molecule has 0 bridgehead atoms. The highest BCUT2D eigenvalue weighted by Crippen LogP contribution is 2.19. The second kappa shape index (κ2) is 18.6. The molecule has 22 heavy (non-hydrogen) atoms. The fourth-order valence-corrected chi connectivity index (χ4v) is 1.03. The molecule has 0 heterocycles. The van der Waals surface area contributed by atoms with Gasteiger partial charge < -0.3 is 4.74 Å². The summed E-state index contributed by atoms with van der Waals surface area (Å²) in [5.41, 5.74) is 0.0280. The molecule has 0 N–H and O–H groups in total. The minimum atomic E-state index is -0.461. The molecule has 124 valence electrons. The lowest BCUT2D eigenvalue weighted by Crippen LogP contribution is -1.92. The van der Waals surface area contributed by atoms with Crippen molar-refractivity contribution in [2.75, 3.05) is 0 Å². The Labute approximate surface area is 135 Å². The van der Waals surface area contributed by atoms with E-state index in [2.05, 4.69) is 13.2 Å². The van der Waals surface area contributed by atoms with Gasteiger partial charge in [0, 0.05) is 12.1 Å². The van der Waals surface area contributed by atoms with E-state index in [1.54, 1.807) is 12.2 Å². The van der Waals surface area contributed by atoms with E-state index in [1.807, 2.05) is 41.5 Å². The third-order valence-corrected chi connectivity index (χ3v) is 1.77. The monoisotopic (exact) mass is 307 g/mol. The van der Waals surface area contributed by atoms with Gasteiger partial charge in [-0.2, -0.15) is 0 Å². The smallest absolute Gasteiger partial charge is 0.269 e. The summed E-state index contributed by atoms with van der Waals surface area (Å²) in [5, 5.41) is 10.4. The number of allylic oxidation sites excluding steroid dienone is 3. The SMILES string of the molecule is C=C/C=C(\C=C)Oc1ccc([N+](=O)[O-])cc1.CC.CC.CC. The van der Waals surface area contributed by atoms with Crippen molar-refractivity contribution in [3.63, 3.8) is 0 Å². The molecule has 1 aromatic carbocycles. The molecule has 0 aromatic heterocycles. The van der Waals surface area contributed by atoms with E-state index in [1.165, 1.54) is 30.3 Å². The van der Waals surface area contributed by atoms with Crippen LogP contribution in [0.5, 0.6) is 5.75 Å². The van der Waals surface area contributed by atoms with E-state index < -0.39 is 4.92 Å². The van der Waals surface area contributed by atoms with Crippen molar-refractivity contribution < 1.29 is 9.66 Å². The summed E-state index contributed by atoms with van der Waals surface area (Å²) in [6, 6.07) is 5.81. The second-order valence-electron chi connectivity index (χ2n) is 2.86. The largest absolute Gasteiger partial charge is 0.457 e. The first-order valence-corrected chi connectivity index (χ1v) is 7.55. The number of nitro groups is 1. The van der Waals surface area contributed by atoms with Gasteiger partial charge in [0.2, 0.25) is 0 Å². The molecule has 0 aliphatic carbocycles. The van der Waals surface area contributed by atoms with Crippen molar-refractivity contribution in [3.8, 4) is 5.75 Å². The van der Waals surface area contributed by atoms with E-state index in [4.69, 9.17) is 4.74 Å². The van der Waals surface area contributed by atoms with Gasteiger partial charge in [-0.1, -0.05) is 60.8 Å². The van der Waals surface area contributed by atoms with Gasteiger partial charge in [-0.15, -0.1) is 0 Å². The first-order valence-electron chi connectivity index (χ1n) is 7.55. The molecule has 4 nitrogen and oxygen atoms in total. The minimum absolute atomic E-state index is 0.0280. The van der Waals surface area contributed by atoms with E-state index in [0.717, 1.165) is 0 Å². The van der Waals surface area contributed by atoms with Crippen LogP contribution in [0.1, 0.15) is 41.5 Å². The van der Waals surface area contributed by atoms with Crippen LogP contribution in [-0.4, -0.2) is 4.92 Å². The first kappa shape index (κ1) is 24.6. The lowest BCUT2D eigenvalue weighted by molar-refractivity contribution is -0.384. The second-order valence-corrected chi connectivity index (χ2v) is 2.86. The summed E-state index contributed by atoms with van der Waals surface area (Å²) in [7, 11) is 0. The number of hydrogen-bond donors (Lipinski definition) is 0. The molecule has 0 aliphatic rings. The van der Waals surface area contributed by atoms with Gasteiger partial charge in [0.1, 0.15) is 11.5 Å². The van der Waals surface area contributed by atoms with Crippen LogP contribution in [0.25, 0.3) is 0 Å². The first-order chi connectivity index (χ1) is 10.7. The van der Waals surface area contributed by atoms with Crippen LogP contribution < -0.4 is 4.74 Å². The molecular weight excluding hydrogens is 278 g/mol. The maximum Gasteiger partial charge on any atom is 0.269 e. The molecule has 1 aromatic rings. The van der Waals surface area contributed by atoms with Gasteiger partial charge >= 0.3 is 0 Å². The summed E-state index contributed by atoms with van der Waals surface area (Å²) in [6.07, 6.45) is 4.75. The number of nitrogens with zero attached hydrogens (tertiary/aromatic N) is 1. The third kappa shape index (κ3) is 11.5. The molecule has 0 atom stereocenters. The van der Waals surface area contributed by atoms with Crippen molar-refractivity contribution in [2.45, 2.75) is 41.5 Å². The fourth-order valence-electron chi connectivity index (χ4n) is 1.03. The summed E-state index contributed by atoms with van der Waals surface area (Å²) >= 11 is 0. The average Bonchev–Trinajstić information content (AvgIpc) is 2.60. The highest BCUT2D eigenvalue weighted by Gasteiger charge is 2.04. The van der Waals surface area contributed by atoms with Crippen LogP contribution in [-0.2, 0) is 0 Å². The van der Waals surface area contributed by atoms with E-state index >= 15 is 0 Å². The Morgan fingerprint density at radius 2 is 1.50 bits per heavy atom. The normalized spacial score (nSPS) is 8.55. The molecule has 0 aliphatic heterocycles. The van der Waals surface area contributed by atoms with Gasteiger partial charge in [-0.3, -0.25) is 10.1 Å². The topological polar surface area (TPSA) is 52.4 Å². The standard InChI is InChI=1S/C12H11NO3.3C2H6/c1-3-5-11(4-2)16-12-8-6-10(7-9-12)13(14)15;3*1-2/h3-9H,1-2H2;3*1-2H3/b11-5+;;;. The Bertz CT molecular complexity index is 434. The van der Waals surface area contributed by atoms with Crippen molar-refractivity contribution in [1.82, 2.24) is 0 Å². The number of nitro benzene ring substituents is 1. The maximum absolute atomic E-state index is 10.4. The highest BCUT2D eigenvalue weighted by atomic mass is 16.6. The summed E-state index contributed by atoms with van der Waals surface area (Å²) in [6.45, 7) is 19.1. The molecule has 0 unspecified atom stereocenters. The number of ether oxygens (including phenoxy) is 1. The zero-order valence-electron chi connectivity index (χ0n) is 14.6. The molecule has 0 radical (unpaired) electrons. The number of non-ortho nitro benzene ring substituents is 1. The molecule has 0 saturated carbocycles. The van der Waals surface area contributed by atoms with Gasteiger partial charge in [0.25, 0.3) is 5.69 Å². The lowest BCUT2D eigenvalue weighted by Gasteiger charge is -2.04. The summed E-state index contributed by atoms with van der Waals surface area (Å²) < 4.78 is 5.39. The Balaban J connectivity index is -0.000000535. The van der Waals surface area contributed by atoms with Crippen LogP contribution in [0.15, 0.2) is 61.4 Å². The Kier molecular flexibility index (Phi) is 20.9. The summed E-state index contributed by atoms with van der Waals surface area (Å²) in [5.74, 6) is 1.04. The fraction of sp³-hybridized carbons (Fsp3) is 0.333. The molecule has 0 spiro atoms. The van der Waals surface area contributed by atoms with Crippen LogP contribution in [0, 0.1) is 10.1 Å². The van der Waals surface area contributed by atoms with Gasteiger partial charge in [0.15, 0.2) is 0 Å². The molecule has 4 heteroatoms. The predicted octanol–water partition coefficient (Wildman–Crippen LogP) is 6.31. The van der Waals surface area contributed by atoms with Crippen LogP contribution in [0.4, 0.5) is 5.69 Å². The predicted molar refractivity (Wildman–Crippen MR) is 96.2 cm³/mol. The van der Waals surface area contributed by atoms with Crippen LogP contribution in [0.2, 0.25) is 0 Å². The molecular formula is C18H29NO3. The van der Waals surface area contributed by atoms with Crippen LogP contribution in [0.3, 0.4) is 0 Å². The van der Waals surface area contributed by atoms with Gasteiger partial charge in [-0.25, -0.2) is 0 Å². The molecule has 0 fully saturated rings. The zero-order chi connectivity index (χ0) is 18.0. The third-order valence-electron chi connectivity index (χ3n) is 1.77. The van der Waals surface area contributed by atoms with E-state index in [9.17, 15) is 10.1 Å². The Morgan fingerprint density at radius 3 is 1.82 bits per heavy atom. The molecule has 0 amide bonds. The number of benzene rings is 1. The van der Waals surface area contributed by atoms with Crippen molar-refractivity contribution in [1.29, 1.82) is 0 Å². The van der Waals surface area contributed by atoms with Crippen LogP contribution >= 0.6 is 0 Å². The quantitative estimate of drug-likeness (QED) is 0.277. The maximum atomic E-state index is 10.4. The van der Waals surface area contributed by atoms with E-state index in [0.29, 0.717) is 11.5 Å². The van der Waals surface area contributed by atoms with Gasteiger partial charge in [0.05, 0.1) is 4.92 Å². The summed E-state index contributed by atoms with van der Waals surface area (Å²) in [4.78, 5) is 9.96. The average molecular weight is 307 g/mol. The minimum Gasteiger partial charge on any atom is -0.457 e. The molecule has 1 rings (SSSR count). The molecule has 0 saturated heterocycles. The van der Waals surface area contributed by atoms with Crippen molar-refractivity contribution >= 4 is 5.69 Å².